The monoisotopic (exact) mass is 602 g/mol. The zero-order chi connectivity index (χ0) is 30.8. The van der Waals surface area contributed by atoms with E-state index in [-0.39, 0.29) is 41.0 Å². The van der Waals surface area contributed by atoms with E-state index in [2.05, 4.69) is 20.8 Å². The van der Waals surface area contributed by atoms with E-state index in [0.717, 1.165) is 44.1 Å². The Labute approximate surface area is 259 Å². The second-order valence-electron chi connectivity index (χ2n) is 16.2. The lowest BCUT2D eigenvalue weighted by Gasteiger charge is -2.60. The van der Waals surface area contributed by atoms with Crippen LogP contribution in [0.5, 0.6) is 0 Å². The third-order valence-corrected chi connectivity index (χ3v) is 14.2. The Morgan fingerprint density at radius 3 is 2.53 bits per heavy atom. The van der Waals surface area contributed by atoms with E-state index in [0.29, 0.717) is 44.5 Å². The number of aliphatic hydroxyl groups excluding tert-OH is 1. The largest absolute Gasteiger partial charge is 0.387 e. The number of rotatable bonds is 9. The van der Waals surface area contributed by atoms with E-state index in [1.54, 1.807) is 20.1 Å². The molecule has 0 aromatic rings. The Bertz CT molecular complexity index is 1070. The van der Waals surface area contributed by atoms with Crippen molar-refractivity contribution in [1.82, 2.24) is 0 Å². The molecule has 0 radical (unpaired) electrons. The molecule has 43 heavy (non-hydrogen) atoms. The molecular formula is C36H58O7. The first-order valence-electron chi connectivity index (χ1n) is 17.5. The van der Waals surface area contributed by atoms with Crippen LogP contribution in [-0.2, 0) is 19.0 Å². The van der Waals surface area contributed by atoms with Crippen LogP contribution in [0.2, 0.25) is 0 Å². The smallest absolute Gasteiger partial charge is 0.159 e. The summed E-state index contributed by atoms with van der Waals surface area (Å²) in [5.41, 5.74) is -2.54. The molecule has 1 saturated heterocycles. The molecule has 5 aliphatic carbocycles. The number of carbonyl (C=O) groups excluding carboxylic acids is 1. The molecule has 6 aliphatic rings. The summed E-state index contributed by atoms with van der Waals surface area (Å²) >= 11 is 0. The fourth-order valence-electron chi connectivity index (χ4n) is 11.5. The summed E-state index contributed by atoms with van der Waals surface area (Å²) in [5, 5.41) is 36.6. The van der Waals surface area contributed by atoms with E-state index < -0.39 is 28.8 Å². The molecule has 7 nitrogen and oxygen atoms in total. The van der Waals surface area contributed by atoms with Gasteiger partial charge in [-0.2, -0.15) is 0 Å². The van der Waals surface area contributed by atoms with Crippen molar-refractivity contribution in [3.63, 3.8) is 0 Å². The molecule has 1 aliphatic heterocycles. The van der Waals surface area contributed by atoms with E-state index in [4.69, 9.17) is 14.2 Å². The number of hydrogen-bond donors (Lipinski definition) is 3. The molecule has 0 aromatic carbocycles. The minimum atomic E-state index is -1.42. The highest BCUT2D eigenvalue weighted by molar-refractivity contribution is 5.95. The standard InChI is InChI=1S/C36H58O7/c1-22-25(23-9-6-7-10-23)21-43-31(22)32(38)35(4,39)30-13-16-36(40)27-20-29(37)28-19-24(42-18-8-17-41-5)11-14-33(28,2)26(27)12-15-34(30,36)3/h20,22-26,28,30-32,38-40H,6-19,21H2,1-5H3/t22-,24+,25+,26+,28+,30+,31+,32-,33-,34-,35+,36-/m1/s1. The van der Waals surface area contributed by atoms with Gasteiger partial charge in [-0.05, 0) is 105 Å². The van der Waals surface area contributed by atoms with Gasteiger partial charge < -0.3 is 29.5 Å². The topological polar surface area (TPSA) is 105 Å². The Balaban J connectivity index is 1.20. The maximum Gasteiger partial charge on any atom is 0.159 e. The van der Waals surface area contributed by atoms with Crippen molar-refractivity contribution in [3.05, 3.63) is 11.6 Å². The maximum absolute atomic E-state index is 13.8. The predicted octanol–water partition coefficient (Wildman–Crippen LogP) is 5.23. The van der Waals surface area contributed by atoms with Crippen molar-refractivity contribution < 1.29 is 34.3 Å². The summed E-state index contributed by atoms with van der Waals surface area (Å²) < 4.78 is 17.6. The van der Waals surface area contributed by atoms with E-state index >= 15 is 0 Å². The molecule has 12 atom stereocenters. The molecule has 0 bridgehead atoms. The normalized spacial score (nSPS) is 47.0. The summed E-state index contributed by atoms with van der Waals surface area (Å²) in [6.07, 6.45) is 11.7. The van der Waals surface area contributed by atoms with Crippen LogP contribution in [0.15, 0.2) is 11.6 Å². The SMILES string of the molecule is COCCCO[C@H]1CC[C@@]2(C)[C@@H](C1)C(=O)C=C1[C@@H]2CC[C@]2(C)[C@@H]([C@](C)(O)[C@H](O)[C@H]3OC[C@H](C4CCCC4)[C@H]3C)CC[C@@]12O. The number of ether oxygens (including phenoxy) is 3. The maximum atomic E-state index is 13.8. The number of fused-ring (bicyclic) bond motifs is 5. The van der Waals surface area contributed by atoms with Gasteiger partial charge in [0.1, 0.15) is 6.10 Å². The Morgan fingerprint density at radius 2 is 1.81 bits per heavy atom. The fraction of sp³-hybridized carbons (Fsp3) is 0.917. The van der Waals surface area contributed by atoms with Gasteiger partial charge in [0.2, 0.25) is 0 Å². The highest BCUT2D eigenvalue weighted by atomic mass is 16.5. The van der Waals surface area contributed by atoms with Gasteiger partial charge in [-0.1, -0.05) is 46.5 Å². The Hall–Kier alpha value is -0.830. The average Bonchev–Trinajstić information content (AvgIpc) is 3.69. The van der Waals surface area contributed by atoms with Crippen LogP contribution < -0.4 is 0 Å². The zero-order valence-corrected chi connectivity index (χ0v) is 27.4. The van der Waals surface area contributed by atoms with E-state index in [1.807, 2.05) is 0 Å². The minimum absolute atomic E-state index is 0.0895. The third-order valence-electron chi connectivity index (χ3n) is 14.2. The molecule has 0 unspecified atom stereocenters. The quantitative estimate of drug-likeness (QED) is 0.310. The van der Waals surface area contributed by atoms with Crippen molar-refractivity contribution in [2.24, 2.45) is 46.3 Å². The second kappa shape index (κ2) is 11.8. The predicted molar refractivity (Wildman–Crippen MR) is 164 cm³/mol. The highest BCUT2D eigenvalue weighted by Crippen LogP contribution is 2.69. The number of carbonyl (C=O) groups is 1. The lowest BCUT2D eigenvalue weighted by molar-refractivity contribution is -0.193. The van der Waals surface area contributed by atoms with Crippen molar-refractivity contribution in [2.45, 2.75) is 134 Å². The van der Waals surface area contributed by atoms with Crippen molar-refractivity contribution >= 4 is 5.78 Å². The fourth-order valence-corrected chi connectivity index (χ4v) is 11.5. The number of aliphatic hydroxyl groups is 3. The van der Waals surface area contributed by atoms with Gasteiger partial charge in [0.15, 0.2) is 5.78 Å². The zero-order valence-electron chi connectivity index (χ0n) is 27.4. The molecule has 5 fully saturated rings. The van der Waals surface area contributed by atoms with Gasteiger partial charge in [-0.25, -0.2) is 0 Å². The first kappa shape index (κ1) is 32.1. The Morgan fingerprint density at radius 1 is 1.07 bits per heavy atom. The van der Waals surface area contributed by atoms with Gasteiger partial charge in [-0.3, -0.25) is 4.79 Å². The van der Waals surface area contributed by atoms with Gasteiger partial charge >= 0.3 is 0 Å². The molecule has 0 aromatic heterocycles. The summed E-state index contributed by atoms with van der Waals surface area (Å²) in [5.74, 6) is 1.14. The van der Waals surface area contributed by atoms with Gasteiger partial charge in [0.25, 0.3) is 0 Å². The highest BCUT2D eigenvalue weighted by Gasteiger charge is 2.69. The van der Waals surface area contributed by atoms with Crippen LogP contribution in [0, 0.1) is 46.3 Å². The third kappa shape index (κ3) is 5.02. The lowest BCUT2D eigenvalue weighted by atomic mass is 9.46. The number of ketones is 1. The van der Waals surface area contributed by atoms with Gasteiger partial charge in [-0.15, -0.1) is 0 Å². The molecule has 6 rings (SSSR count). The molecule has 1 heterocycles. The Kier molecular flexibility index (Phi) is 8.78. The van der Waals surface area contributed by atoms with Crippen LogP contribution in [0.1, 0.15) is 105 Å². The first-order chi connectivity index (χ1) is 20.4. The van der Waals surface area contributed by atoms with Gasteiger partial charge in [0, 0.05) is 31.7 Å². The molecule has 7 heteroatoms. The summed E-state index contributed by atoms with van der Waals surface area (Å²) in [7, 11) is 1.70. The number of hydrogen-bond acceptors (Lipinski definition) is 7. The number of methoxy groups -OCH3 is 1. The molecule has 0 spiro atoms. The van der Waals surface area contributed by atoms with E-state index in [9.17, 15) is 20.1 Å². The molecule has 244 valence electrons. The second-order valence-corrected chi connectivity index (χ2v) is 16.2. The molecular weight excluding hydrogens is 544 g/mol. The summed E-state index contributed by atoms with van der Waals surface area (Å²) in [4.78, 5) is 13.8. The van der Waals surface area contributed by atoms with Crippen LogP contribution >= 0.6 is 0 Å². The molecule has 3 N–H and O–H groups in total. The summed E-state index contributed by atoms with van der Waals surface area (Å²) in [6.45, 7) is 10.3. The van der Waals surface area contributed by atoms with Crippen LogP contribution in [0.3, 0.4) is 0 Å². The van der Waals surface area contributed by atoms with Crippen molar-refractivity contribution in [3.8, 4) is 0 Å². The lowest BCUT2D eigenvalue weighted by Crippen LogP contribution is -2.63. The average molecular weight is 603 g/mol. The van der Waals surface area contributed by atoms with Crippen molar-refractivity contribution in [1.29, 1.82) is 0 Å². The van der Waals surface area contributed by atoms with Crippen LogP contribution in [0.4, 0.5) is 0 Å². The van der Waals surface area contributed by atoms with Crippen molar-refractivity contribution in [2.75, 3.05) is 26.9 Å². The van der Waals surface area contributed by atoms with Gasteiger partial charge in [0.05, 0.1) is 30.0 Å². The molecule has 4 saturated carbocycles. The van der Waals surface area contributed by atoms with Crippen LogP contribution in [0.25, 0.3) is 0 Å². The first-order valence-corrected chi connectivity index (χ1v) is 17.5. The van der Waals surface area contributed by atoms with E-state index in [1.165, 1.54) is 25.7 Å². The number of allylic oxidation sites excluding steroid dienone is 1. The molecule has 0 amide bonds. The summed E-state index contributed by atoms with van der Waals surface area (Å²) in [6, 6.07) is 0. The van der Waals surface area contributed by atoms with Crippen LogP contribution in [-0.4, -0.2) is 77.5 Å². The minimum Gasteiger partial charge on any atom is -0.387 e.